The molecular formula is C70H98O12. The van der Waals surface area contributed by atoms with E-state index in [-0.39, 0.29) is 48.7 Å². The summed E-state index contributed by atoms with van der Waals surface area (Å²) in [6.07, 6.45) is 26.3. The Kier molecular flexibility index (Phi) is 30.6. The van der Waals surface area contributed by atoms with Crippen LogP contribution in [0.2, 0.25) is 0 Å². The summed E-state index contributed by atoms with van der Waals surface area (Å²) in [7, 11) is 0. The van der Waals surface area contributed by atoms with E-state index in [4.69, 9.17) is 37.9 Å². The van der Waals surface area contributed by atoms with Gasteiger partial charge in [0.1, 0.15) is 23.0 Å². The molecule has 0 fully saturated rings. The topological polar surface area (TPSA) is 142 Å². The highest BCUT2D eigenvalue weighted by molar-refractivity contribution is 6.21. The van der Waals surface area contributed by atoms with Crippen molar-refractivity contribution in [1.82, 2.24) is 0 Å². The number of esters is 4. The first-order chi connectivity index (χ1) is 40.1. The van der Waals surface area contributed by atoms with Gasteiger partial charge >= 0.3 is 23.9 Å². The molecule has 0 aromatic heterocycles. The molecule has 0 amide bonds. The maximum atomic E-state index is 14.7. The number of hydrogen-bond donors (Lipinski definition) is 0. The second-order valence-electron chi connectivity index (χ2n) is 21.4. The molecule has 0 aliphatic carbocycles. The van der Waals surface area contributed by atoms with E-state index in [9.17, 15) is 19.2 Å². The molecule has 5 aromatic rings. The van der Waals surface area contributed by atoms with Crippen LogP contribution in [-0.4, -0.2) is 76.7 Å². The predicted octanol–water partition coefficient (Wildman–Crippen LogP) is 19.0. The summed E-state index contributed by atoms with van der Waals surface area (Å²) in [6, 6.07) is 18.4. The maximum absolute atomic E-state index is 14.7. The van der Waals surface area contributed by atoms with Gasteiger partial charge in [-0.2, -0.15) is 0 Å². The van der Waals surface area contributed by atoms with Crippen LogP contribution in [0.25, 0.3) is 43.8 Å². The third-order valence-corrected chi connectivity index (χ3v) is 14.8. The quantitative estimate of drug-likeness (QED) is 0.0159. The summed E-state index contributed by atoms with van der Waals surface area (Å²) < 4.78 is 49.2. The van der Waals surface area contributed by atoms with Crippen molar-refractivity contribution in [3.8, 4) is 45.3 Å². The molecule has 0 bridgehead atoms. The van der Waals surface area contributed by atoms with Crippen LogP contribution in [-0.2, 0) is 18.9 Å². The number of hydrogen-bond acceptors (Lipinski definition) is 12. The highest BCUT2D eigenvalue weighted by Crippen LogP contribution is 2.45. The molecule has 0 radical (unpaired) electrons. The minimum absolute atomic E-state index is 0.000815. The van der Waals surface area contributed by atoms with Crippen LogP contribution in [0.3, 0.4) is 0 Å². The molecule has 0 spiro atoms. The molecule has 12 heteroatoms. The summed E-state index contributed by atoms with van der Waals surface area (Å²) in [5, 5.41) is 2.20. The molecule has 0 aliphatic rings. The molecule has 82 heavy (non-hydrogen) atoms. The van der Waals surface area contributed by atoms with Crippen molar-refractivity contribution in [2.24, 2.45) is 0 Å². The summed E-state index contributed by atoms with van der Waals surface area (Å²) in [6.45, 7) is 17.8. The summed E-state index contributed by atoms with van der Waals surface area (Å²) >= 11 is 0. The van der Waals surface area contributed by atoms with Gasteiger partial charge in [-0.3, -0.25) is 0 Å². The van der Waals surface area contributed by atoms with E-state index in [0.29, 0.717) is 93.2 Å². The number of rotatable bonds is 42. The molecule has 450 valence electrons. The highest BCUT2D eigenvalue weighted by Gasteiger charge is 2.31. The van der Waals surface area contributed by atoms with Crippen LogP contribution in [0.4, 0.5) is 0 Å². The highest BCUT2D eigenvalue weighted by atomic mass is 16.5. The molecule has 5 rings (SSSR count). The maximum Gasteiger partial charge on any atom is 0.339 e. The Morgan fingerprint density at radius 1 is 0.293 bits per heavy atom. The smallest absolute Gasteiger partial charge is 0.339 e. The van der Waals surface area contributed by atoms with E-state index in [1.54, 1.807) is 39.8 Å². The summed E-state index contributed by atoms with van der Waals surface area (Å²) in [5.41, 5.74) is 1.90. The van der Waals surface area contributed by atoms with Crippen molar-refractivity contribution in [1.29, 1.82) is 0 Å². The summed E-state index contributed by atoms with van der Waals surface area (Å²) in [5.74, 6) is -0.657. The largest absolute Gasteiger partial charge is 0.493 e. The number of carbonyl (C=O) groups is 4. The van der Waals surface area contributed by atoms with Crippen molar-refractivity contribution >= 4 is 45.4 Å². The zero-order chi connectivity index (χ0) is 58.9. The van der Waals surface area contributed by atoms with Gasteiger partial charge in [-0.15, -0.1) is 0 Å². The lowest BCUT2D eigenvalue weighted by molar-refractivity contribution is 0.0480. The van der Waals surface area contributed by atoms with Gasteiger partial charge in [0, 0.05) is 23.3 Å². The molecule has 5 aromatic carbocycles. The van der Waals surface area contributed by atoms with Crippen LogP contribution in [0, 0.1) is 0 Å². The average molecular weight is 1130 g/mol. The van der Waals surface area contributed by atoms with E-state index in [2.05, 4.69) is 27.7 Å². The third-order valence-electron chi connectivity index (χ3n) is 14.8. The zero-order valence-electron chi connectivity index (χ0n) is 51.3. The van der Waals surface area contributed by atoms with Gasteiger partial charge in [0.25, 0.3) is 0 Å². The Hall–Kier alpha value is -6.30. The van der Waals surface area contributed by atoms with E-state index in [1.807, 2.05) is 48.5 Å². The third kappa shape index (κ3) is 20.5. The number of fused-ring (bicyclic) bond motifs is 2. The Labute approximate surface area is 491 Å². The van der Waals surface area contributed by atoms with Gasteiger partial charge in [0.2, 0.25) is 0 Å². The van der Waals surface area contributed by atoms with Crippen LogP contribution < -0.4 is 18.9 Å². The van der Waals surface area contributed by atoms with Crippen molar-refractivity contribution in [2.75, 3.05) is 52.9 Å². The van der Waals surface area contributed by atoms with Crippen LogP contribution in [0.1, 0.15) is 251 Å². The standard InChI is InChI=1S/C70H98O12/c1-9-17-21-25-29-33-37-79-55-41-53(42-56(49-55)80-38-34-30-26-22-18-10-2)63-59-45-52-48-62(68(72)76-14-6)66(70(74)78-16-8)64(60(52)46-51(59)47-61(67(71)75-13-5)65(63)69(73)77-15-7)54-43-57(81-39-35-31-27-23-19-11-3)50-58(44-54)82-40-36-32-28-24-20-12-4/h41-50H,9-40H2,1-8H3. The Balaban J connectivity index is 1.86. The lowest BCUT2D eigenvalue weighted by Gasteiger charge is -2.21. The molecule has 0 aliphatic heterocycles. The fourth-order valence-electron chi connectivity index (χ4n) is 10.5. The van der Waals surface area contributed by atoms with Gasteiger partial charge in [0.15, 0.2) is 0 Å². The van der Waals surface area contributed by atoms with E-state index in [1.165, 1.54) is 77.0 Å². The van der Waals surface area contributed by atoms with E-state index in [0.717, 1.165) is 77.0 Å². The number of ether oxygens (including phenoxy) is 8. The first kappa shape index (κ1) is 66.5. The fraction of sp³-hybridized carbons (Fsp3) is 0.571. The Morgan fingerprint density at radius 3 is 0.817 bits per heavy atom. The Bertz CT molecular complexity index is 2500. The Morgan fingerprint density at radius 2 is 0.549 bits per heavy atom. The van der Waals surface area contributed by atoms with Gasteiger partial charge in [-0.05, 0) is 135 Å². The van der Waals surface area contributed by atoms with Crippen molar-refractivity contribution < 1.29 is 57.1 Å². The molecule has 0 unspecified atom stereocenters. The van der Waals surface area contributed by atoms with Crippen molar-refractivity contribution in [2.45, 2.75) is 209 Å². The number of carbonyl (C=O) groups excluding carboxylic acids is 4. The van der Waals surface area contributed by atoms with Gasteiger partial charge in [-0.1, -0.05) is 156 Å². The second-order valence-corrected chi connectivity index (χ2v) is 21.4. The van der Waals surface area contributed by atoms with E-state index < -0.39 is 23.9 Å². The monoisotopic (exact) mass is 1130 g/mol. The zero-order valence-corrected chi connectivity index (χ0v) is 51.3. The number of unbranched alkanes of at least 4 members (excludes halogenated alkanes) is 20. The SMILES string of the molecule is CCCCCCCCOc1cc(OCCCCCCCC)cc(-c2c(C(=O)OCC)c(C(=O)OCC)cc3cc4c(-c5cc(OCCCCCCCC)cc(OCCCCCCCC)c5)c(C(=O)OCC)c(C(=O)OCC)cc4cc23)c1. The average Bonchev–Trinajstić information content (AvgIpc) is 3.67. The van der Waals surface area contributed by atoms with Crippen molar-refractivity contribution in [3.05, 3.63) is 82.9 Å². The summed E-state index contributed by atoms with van der Waals surface area (Å²) in [4.78, 5) is 58.2. The minimum atomic E-state index is -0.715. The molecule has 0 heterocycles. The normalized spacial score (nSPS) is 11.2. The van der Waals surface area contributed by atoms with Crippen LogP contribution >= 0.6 is 0 Å². The first-order valence-electron chi connectivity index (χ1n) is 31.7. The molecule has 12 nitrogen and oxygen atoms in total. The molecular weight excluding hydrogens is 1030 g/mol. The van der Waals surface area contributed by atoms with Crippen LogP contribution in [0.5, 0.6) is 23.0 Å². The van der Waals surface area contributed by atoms with Gasteiger partial charge in [-0.25, -0.2) is 19.2 Å². The molecule has 0 N–H and O–H groups in total. The second kappa shape index (κ2) is 37.7. The molecule has 0 saturated heterocycles. The number of benzene rings is 5. The lowest BCUT2D eigenvalue weighted by atomic mass is 9.84. The predicted molar refractivity (Wildman–Crippen MR) is 332 cm³/mol. The minimum Gasteiger partial charge on any atom is -0.493 e. The van der Waals surface area contributed by atoms with E-state index >= 15 is 0 Å². The van der Waals surface area contributed by atoms with Gasteiger partial charge in [0.05, 0.1) is 75.1 Å². The molecule has 0 saturated carbocycles. The lowest BCUT2D eigenvalue weighted by Crippen LogP contribution is -2.17. The van der Waals surface area contributed by atoms with Gasteiger partial charge < -0.3 is 37.9 Å². The fourth-order valence-corrected chi connectivity index (χ4v) is 10.5. The van der Waals surface area contributed by atoms with Crippen LogP contribution in [0.15, 0.2) is 60.7 Å². The molecule has 0 atom stereocenters. The first-order valence-corrected chi connectivity index (χ1v) is 31.7. The van der Waals surface area contributed by atoms with Crippen molar-refractivity contribution in [3.63, 3.8) is 0 Å².